The average Bonchev–Trinajstić information content (AvgIpc) is 3.21. The SMILES string of the molecule is COc1cc(-c2ncc(C(F)(F)F)cc2Cl)cc2c1OCCN([C@@H](C)CCn1cccn1)C2. The average molecular weight is 481 g/mol. The molecule has 4 rings (SSSR count). The minimum Gasteiger partial charge on any atom is -0.493 e. The molecule has 10 heteroatoms. The molecule has 0 aliphatic carbocycles. The van der Waals surface area contributed by atoms with Crippen LogP contribution in [-0.2, 0) is 19.3 Å². The van der Waals surface area contributed by atoms with Crippen LogP contribution in [0.1, 0.15) is 24.5 Å². The van der Waals surface area contributed by atoms with Crippen molar-refractivity contribution in [2.75, 3.05) is 20.3 Å². The van der Waals surface area contributed by atoms with E-state index in [9.17, 15) is 13.2 Å². The van der Waals surface area contributed by atoms with Crippen molar-refractivity contribution in [3.8, 4) is 22.8 Å². The van der Waals surface area contributed by atoms with E-state index in [2.05, 4.69) is 21.9 Å². The van der Waals surface area contributed by atoms with Gasteiger partial charge in [-0.2, -0.15) is 18.3 Å². The maximum atomic E-state index is 13.0. The summed E-state index contributed by atoms with van der Waals surface area (Å²) in [5.41, 5.74) is 0.802. The van der Waals surface area contributed by atoms with Gasteiger partial charge in [-0.15, -0.1) is 0 Å². The highest BCUT2D eigenvalue weighted by atomic mass is 35.5. The first-order valence-electron chi connectivity index (χ1n) is 10.5. The normalized spacial score (nSPS) is 15.5. The number of hydrogen-bond acceptors (Lipinski definition) is 5. The Morgan fingerprint density at radius 3 is 2.76 bits per heavy atom. The molecule has 2 aromatic heterocycles. The molecule has 3 aromatic rings. The molecule has 1 atom stereocenters. The van der Waals surface area contributed by atoms with Gasteiger partial charge in [0.05, 0.1) is 23.4 Å². The Hall–Kier alpha value is -2.78. The summed E-state index contributed by atoms with van der Waals surface area (Å²) in [6.07, 6.45) is 0.876. The Labute approximate surface area is 194 Å². The Bertz CT molecular complexity index is 1110. The fourth-order valence-corrected chi connectivity index (χ4v) is 4.18. The zero-order valence-corrected chi connectivity index (χ0v) is 19.0. The lowest BCUT2D eigenvalue weighted by Gasteiger charge is -2.27. The van der Waals surface area contributed by atoms with Crippen LogP contribution >= 0.6 is 11.6 Å². The van der Waals surface area contributed by atoms with Crippen molar-refractivity contribution in [1.29, 1.82) is 0 Å². The van der Waals surface area contributed by atoms with Gasteiger partial charge in [-0.1, -0.05) is 11.6 Å². The fraction of sp³-hybridized carbons (Fsp3) is 0.391. The lowest BCUT2D eigenvalue weighted by Crippen LogP contribution is -2.35. The number of benzene rings is 1. The molecule has 0 N–H and O–H groups in total. The van der Waals surface area contributed by atoms with Crippen molar-refractivity contribution in [1.82, 2.24) is 19.7 Å². The lowest BCUT2D eigenvalue weighted by molar-refractivity contribution is -0.137. The number of ether oxygens (including phenoxy) is 2. The first kappa shape index (κ1) is 23.4. The van der Waals surface area contributed by atoms with Gasteiger partial charge < -0.3 is 9.47 Å². The summed E-state index contributed by atoms with van der Waals surface area (Å²) in [7, 11) is 1.53. The molecule has 3 heterocycles. The zero-order valence-electron chi connectivity index (χ0n) is 18.3. The molecule has 1 aromatic carbocycles. The van der Waals surface area contributed by atoms with Gasteiger partial charge in [0.2, 0.25) is 0 Å². The molecule has 1 aliphatic heterocycles. The summed E-state index contributed by atoms with van der Waals surface area (Å²) >= 11 is 6.20. The zero-order chi connectivity index (χ0) is 23.6. The minimum atomic E-state index is -4.51. The van der Waals surface area contributed by atoms with Gasteiger partial charge in [0.25, 0.3) is 0 Å². The van der Waals surface area contributed by atoms with Gasteiger partial charge in [0, 0.05) is 55.4 Å². The van der Waals surface area contributed by atoms with E-state index in [1.807, 2.05) is 23.0 Å². The molecule has 1 aliphatic rings. The minimum absolute atomic E-state index is 0.0779. The number of pyridine rings is 1. The number of hydrogen-bond donors (Lipinski definition) is 0. The van der Waals surface area contributed by atoms with Crippen LogP contribution in [0.2, 0.25) is 5.02 Å². The summed E-state index contributed by atoms with van der Waals surface area (Å²) in [4.78, 5) is 6.31. The summed E-state index contributed by atoms with van der Waals surface area (Å²) in [5.74, 6) is 1.12. The van der Waals surface area contributed by atoms with Crippen molar-refractivity contribution in [2.24, 2.45) is 0 Å². The van der Waals surface area contributed by atoms with E-state index in [0.717, 1.165) is 37.3 Å². The van der Waals surface area contributed by atoms with Crippen LogP contribution in [0, 0.1) is 0 Å². The van der Waals surface area contributed by atoms with Gasteiger partial charge in [-0.05, 0) is 37.6 Å². The van der Waals surface area contributed by atoms with Gasteiger partial charge in [0.15, 0.2) is 11.5 Å². The number of alkyl halides is 3. The smallest absolute Gasteiger partial charge is 0.417 e. The van der Waals surface area contributed by atoms with Crippen molar-refractivity contribution in [3.63, 3.8) is 0 Å². The van der Waals surface area contributed by atoms with Crippen LogP contribution in [0.25, 0.3) is 11.3 Å². The quantitative estimate of drug-likeness (QED) is 0.479. The maximum absolute atomic E-state index is 13.0. The molecule has 176 valence electrons. The maximum Gasteiger partial charge on any atom is 0.417 e. The van der Waals surface area contributed by atoms with Gasteiger partial charge in [-0.25, -0.2) is 0 Å². The molecule has 0 unspecified atom stereocenters. The van der Waals surface area contributed by atoms with E-state index in [4.69, 9.17) is 21.1 Å². The summed E-state index contributed by atoms with van der Waals surface area (Å²) in [5, 5.41) is 4.17. The fourth-order valence-electron chi connectivity index (χ4n) is 3.91. The number of halogens is 4. The van der Waals surface area contributed by atoms with Crippen LogP contribution in [-0.4, -0.2) is 46.0 Å². The third-order valence-electron chi connectivity index (χ3n) is 5.75. The Morgan fingerprint density at radius 2 is 2.09 bits per heavy atom. The van der Waals surface area contributed by atoms with Crippen molar-refractivity contribution in [3.05, 3.63) is 59.0 Å². The van der Waals surface area contributed by atoms with Crippen molar-refractivity contribution >= 4 is 11.6 Å². The van der Waals surface area contributed by atoms with E-state index >= 15 is 0 Å². The molecule has 6 nitrogen and oxygen atoms in total. The molecule has 0 spiro atoms. The second kappa shape index (κ2) is 9.61. The monoisotopic (exact) mass is 480 g/mol. The van der Waals surface area contributed by atoms with Crippen LogP contribution in [0.3, 0.4) is 0 Å². The first-order chi connectivity index (χ1) is 15.8. The van der Waals surface area contributed by atoms with E-state index in [1.54, 1.807) is 12.3 Å². The highest BCUT2D eigenvalue weighted by Gasteiger charge is 2.32. The molecule has 0 saturated carbocycles. The molecule has 33 heavy (non-hydrogen) atoms. The molecule has 0 radical (unpaired) electrons. The molecule has 0 saturated heterocycles. The van der Waals surface area contributed by atoms with Gasteiger partial charge >= 0.3 is 6.18 Å². The van der Waals surface area contributed by atoms with Crippen LogP contribution in [0.4, 0.5) is 13.2 Å². The molecule has 0 bridgehead atoms. The molecular weight excluding hydrogens is 457 g/mol. The van der Waals surface area contributed by atoms with Crippen LogP contribution in [0.15, 0.2) is 42.9 Å². The molecule has 0 fully saturated rings. The third-order valence-corrected chi connectivity index (χ3v) is 6.04. The predicted molar refractivity (Wildman–Crippen MR) is 118 cm³/mol. The standard InChI is InChI=1S/C23H24ClF3N4O2/c1-15(4-7-31-6-3-5-29-31)30-8-9-33-22-17(14-30)10-16(11-20(22)32-2)21-19(24)12-18(13-28-21)23(25,26)27/h3,5-6,10-13,15H,4,7-9,14H2,1-2H3/t15-/m0/s1. The topological polar surface area (TPSA) is 52.4 Å². The highest BCUT2D eigenvalue weighted by Crippen LogP contribution is 2.41. The Morgan fingerprint density at radius 1 is 1.27 bits per heavy atom. The van der Waals surface area contributed by atoms with Gasteiger partial charge in [-0.3, -0.25) is 14.6 Å². The largest absolute Gasteiger partial charge is 0.493 e. The Kier molecular flexibility index (Phi) is 6.81. The summed E-state index contributed by atoms with van der Waals surface area (Å²) < 4.78 is 52.5. The van der Waals surface area contributed by atoms with Gasteiger partial charge in [0.1, 0.15) is 6.61 Å². The number of aromatic nitrogens is 3. The highest BCUT2D eigenvalue weighted by molar-refractivity contribution is 6.33. The number of nitrogens with zero attached hydrogens (tertiary/aromatic N) is 4. The third kappa shape index (κ3) is 5.25. The Balaban J connectivity index is 1.62. The first-order valence-corrected chi connectivity index (χ1v) is 10.9. The van der Waals surface area contributed by atoms with E-state index in [-0.39, 0.29) is 16.8 Å². The predicted octanol–water partition coefficient (Wildman–Crippen LogP) is 5.30. The van der Waals surface area contributed by atoms with E-state index in [0.29, 0.717) is 30.2 Å². The lowest BCUT2D eigenvalue weighted by atomic mass is 10.0. The van der Waals surface area contributed by atoms with Crippen LogP contribution in [0.5, 0.6) is 11.5 Å². The van der Waals surface area contributed by atoms with Crippen molar-refractivity contribution < 1.29 is 22.6 Å². The molecule has 0 amide bonds. The van der Waals surface area contributed by atoms with Crippen molar-refractivity contribution in [2.45, 2.75) is 38.7 Å². The number of aryl methyl sites for hydroxylation is 1. The van der Waals surface area contributed by atoms with E-state index < -0.39 is 11.7 Å². The number of rotatable bonds is 6. The second-order valence-electron chi connectivity index (χ2n) is 7.94. The number of fused-ring (bicyclic) bond motifs is 1. The number of methoxy groups -OCH3 is 1. The summed E-state index contributed by atoms with van der Waals surface area (Å²) in [6, 6.07) is 6.60. The van der Waals surface area contributed by atoms with E-state index in [1.165, 1.54) is 7.11 Å². The second-order valence-corrected chi connectivity index (χ2v) is 8.35. The molecular formula is C23H24ClF3N4O2. The van der Waals surface area contributed by atoms with Crippen LogP contribution < -0.4 is 9.47 Å². The summed E-state index contributed by atoms with van der Waals surface area (Å²) in [6.45, 7) is 4.77.